The summed E-state index contributed by atoms with van der Waals surface area (Å²) in [5, 5.41) is 2.05. The summed E-state index contributed by atoms with van der Waals surface area (Å²) in [6.45, 7) is 0.878. The van der Waals surface area contributed by atoms with Crippen LogP contribution >= 0.6 is 0 Å². The summed E-state index contributed by atoms with van der Waals surface area (Å²) in [5.41, 5.74) is 6.39. The maximum Gasteiger partial charge on any atom is 0.244 e. The van der Waals surface area contributed by atoms with Gasteiger partial charge in [-0.15, -0.1) is 0 Å². The lowest BCUT2D eigenvalue weighted by Gasteiger charge is -2.25. The molecule has 1 aliphatic heterocycles. The van der Waals surface area contributed by atoms with Crippen LogP contribution in [0.2, 0.25) is 0 Å². The Morgan fingerprint density at radius 3 is 2.37 bits per heavy atom. The summed E-state index contributed by atoms with van der Waals surface area (Å²) < 4.78 is 25.6. The summed E-state index contributed by atoms with van der Waals surface area (Å²) in [5.74, 6) is -1.28. The molecule has 1 aliphatic rings. The fourth-order valence-electron chi connectivity index (χ4n) is 1.81. The molecule has 102 valence electrons. The number of rotatable bonds is 2. The summed E-state index contributed by atoms with van der Waals surface area (Å²) in [6, 6.07) is 4.48. The number of hydrogen-bond acceptors (Lipinski definition) is 5. The highest BCUT2D eigenvalue weighted by molar-refractivity contribution is 7.89. The number of nitrogen functional groups attached to an aromatic ring is 1. The van der Waals surface area contributed by atoms with Crippen molar-refractivity contribution >= 4 is 27.5 Å². The van der Waals surface area contributed by atoms with Crippen molar-refractivity contribution in [3.8, 4) is 0 Å². The van der Waals surface area contributed by atoms with Gasteiger partial charge in [0.15, 0.2) is 0 Å². The van der Waals surface area contributed by atoms with Crippen LogP contribution in [-0.2, 0) is 19.6 Å². The van der Waals surface area contributed by atoms with Crippen LogP contribution in [0.3, 0.4) is 0 Å². The van der Waals surface area contributed by atoms with E-state index in [0.29, 0.717) is 11.3 Å². The number of nitrogens with two attached hydrogens (primary N) is 1. The van der Waals surface area contributed by atoms with Gasteiger partial charge in [0, 0.05) is 5.69 Å². The minimum atomic E-state index is -3.91. The molecule has 0 saturated carbocycles. The third kappa shape index (κ3) is 2.59. The standard InChI is InChI=1S/C11H13N3O4S/c1-7-2-3-8(12)4-9(7)19(17,18)14-5-10(15)13-11(16)6-14/h2-4H,5-6,12H2,1H3,(H,13,15,16). The second kappa shape index (κ2) is 4.63. The molecule has 1 fully saturated rings. The van der Waals surface area contributed by atoms with Gasteiger partial charge in [0.25, 0.3) is 0 Å². The van der Waals surface area contributed by atoms with E-state index in [-0.39, 0.29) is 18.0 Å². The van der Waals surface area contributed by atoms with Crippen molar-refractivity contribution in [3.05, 3.63) is 23.8 Å². The largest absolute Gasteiger partial charge is 0.399 e. The molecular weight excluding hydrogens is 270 g/mol. The maximum atomic E-state index is 12.4. The molecule has 1 aromatic carbocycles. The molecule has 2 amide bonds. The van der Waals surface area contributed by atoms with Gasteiger partial charge >= 0.3 is 0 Å². The van der Waals surface area contributed by atoms with Crippen molar-refractivity contribution in [2.75, 3.05) is 18.8 Å². The van der Waals surface area contributed by atoms with E-state index in [1.807, 2.05) is 0 Å². The lowest BCUT2D eigenvalue weighted by Crippen LogP contribution is -2.53. The first-order valence-electron chi connectivity index (χ1n) is 5.49. The second-order valence-corrected chi connectivity index (χ2v) is 6.18. The van der Waals surface area contributed by atoms with Crippen LogP contribution in [0.25, 0.3) is 0 Å². The molecule has 0 bridgehead atoms. The first kappa shape index (κ1) is 13.5. The van der Waals surface area contributed by atoms with E-state index in [2.05, 4.69) is 5.32 Å². The summed E-state index contributed by atoms with van der Waals surface area (Å²) >= 11 is 0. The lowest BCUT2D eigenvalue weighted by atomic mass is 10.2. The molecular formula is C11H13N3O4S. The maximum absolute atomic E-state index is 12.4. The number of nitrogens with one attached hydrogen (secondary N) is 1. The van der Waals surface area contributed by atoms with Crippen molar-refractivity contribution in [1.29, 1.82) is 0 Å². The zero-order valence-electron chi connectivity index (χ0n) is 10.2. The predicted octanol–water partition coefficient (Wildman–Crippen LogP) is -0.776. The molecule has 3 N–H and O–H groups in total. The van der Waals surface area contributed by atoms with Crippen molar-refractivity contribution in [2.24, 2.45) is 0 Å². The van der Waals surface area contributed by atoms with Gasteiger partial charge in [-0.05, 0) is 24.6 Å². The number of hydrogen-bond donors (Lipinski definition) is 2. The fourth-order valence-corrected chi connectivity index (χ4v) is 3.43. The van der Waals surface area contributed by atoms with Crippen LogP contribution in [0.1, 0.15) is 5.56 Å². The van der Waals surface area contributed by atoms with Crippen LogP contribution in [-0.4, -0.2) is 37.6 Å². The monoisotopic (exact) mass is 283 g/mol. The first-order chi connectivity index (χ1) is 8.80. The van der Waals surface area contributed by atoms with Crippen LogP contribution in [0.15, 0.2) is 23.1 Å². The Hall–Kier alpha value is -1.93. The molecule has 0 aliphatic carbocycles. The molecule has 8 heteroatoms. The third-order valence-electron chi connectivity index (χ3n) is 2.75. The molecule has 1 saturated heterocycles. The highest BCUT2D eigenvalue weighted by Crippen LogP contribution is 2.22. The minimum absolute atomic E-state index is 0.00926. The fraction of sp³-hybridized carbons (Fsp3) is 0.273. The number of aryl methyl sites for hydroxylation is 1. The Kier molecular flexibility index (Phi) is 3.29. The van der Waals surface area contributed by atoms with Crippen LogP contribution < -0.4 is 11.1 Å². The number of carbonyl (C=O) groups excluding carboxylic acids is 2. The van der Waals surface area contributed by atoms with Crippen LogP contribution in [0, 0.1) is 6.92 Å². The predicted molar refractivity (Wildman–Crippen MR) is 67.5 cm³/mol. The SMILES string of the molecule is Cc1ccc(N)cc1S(=O)(=O)N1CC(=O)NC(=O)C1. The van der Waals surface area contributed by atoms with Gasteiger partial charge in [-0.2, -0.15) is 4.31 Å². The molecule has 7 nitrogen and oxygen atoms in total. The van der Waals surface area contributed by atoms with E-state index >= 15 is 0 Å². The van der Waals surface area contributed by atoms with Crippen molar-refractivity contribution in [1.82, 2.24) is 9.62 Å². The molecule has 0 aromatic heterocycles. The Morgan fingerprint density at radius 2 is 1.79 bits per heavy atom. The quantitative estimate of drug-likeness (QED) is 0.547. The molecule has 0 spiro atoms. The number of imide groups is 1. The summed E-state index contributed by atoms with van der Waals surface area (Å²) in [6.07, 6.45) is 0. The van der Waals surface area contributed by atoms with Gasteiger partial charge < -0.3 is 5.73 Å². The van der Waals surface area contributed by atoms with E-state index in [1.54, 1.807) is 19.1 Å². The lowest BCUT2D eigenvalue weighted by molar-refractivity contribution is -0.134. The zero-order valence-corrected chi connectivity index (χ0v) is 11.0. The average molecular weight is 283 g/mol. The second-order valence-electron chi connectivity index (χ2n) is 4.27. The van der Waals surface area contributed by atoms with E-state index in [4.69, 9.17) is 5.73 Å². The number of piperazine rings is 1. The van der Waals surface area contributed by atoms with E-state index in [0.717, 1.165) is 4.31 Å². The molecule has 0 atom stereocenters. The minimum Gasteiger partial charge on any atom is -0.399 e. The van der Waals surface area contributed by atoms with Gasteiger partial charge in [0.05, 0.1) is 18.0 Å². The van der Waals surface area contributed by atoms with Gasteiger partial charge in [-0.1, -0.05) is 6.07 Å². The van der Waals surface area contributed by atoms with Gasteiger partial charge in [0.2, 0.25) is 21.8 Å². The topological polar surface area (TPSA) is 110 Å². The van der Waals surface area contributed by atoms with Gasteiger partial charge in [-0.3, -0.25) is 14.9 Å². The zero-order chi connectivity index (χ0) is 14.2. The smallest absolute Gasteiger partial charge is 0.244 e. The Morgan fingerprint density at radius 1 is 1.21 bits per heavy atom. The number of nitrogens with zero attached hydrogens (tertiary/aromatic N) is 1. The molecule has 1 heterocycles. The Balaban J connectivity index is 2.44. The molecule has 0 unspecified atom stereocenters. The van der Waals surface area contributed by atoms with Crippen LogP contribution in [0.5, 0.6) is 0 Å². The highest BCUT2D eigenvalue weighted by Gasteiger charge is 2.33. The number of sulfonamides is 1. The van der Waals surface area contributed by atoms with Gasteiger partial charge in [0.1, 0.15) is 0 Å². The van der Waals surface area contributed by atoms with Gasteiger partial charge in [-0.25, -0.2) is 8.42 Å². The van der Waals surface area contributed by atoms with E-state index in [9.17, 15) is 18.0 Å². The van der Waals surface area contributed by atoms with Crippen LogP contribution in [0.4, 0.5) is 5.69 Å². The molecule has 1 aromatic rings. The van der Waals surface area contributed by atoms with Crippen molar-refractivity contribution in [3.63, 3.8) is 0 Å². The highest BCUT2D eigenvalue weighted by atomic mass is 32.2. The van der Waals surface area contributed by atoms with Crippen molar-refractivity contribution in [2.45, 2.75) is 11.8 Å². The van der Waals surface area contributed by atoms with E-state index in [1.165, 1.54) is 6.07 Å². The molecule has 19 heavy (non-hydrogen) atoms. The van der Waals surface area contributed by atoms with Crippen molar-refractivity contribution < 1.29 is 18.0 Å². The molecule has 2 rings (SSSR count). The number of anilines is 1. The first-order valence-corrected chi connectivity index (χ1v) is 6.93. The third-order valence-corrected chi connectivity index (χ3v) is 4.68. The normalized spacial score (nSPS) is 17.3. The van der Waals surface area contributed by atoms with E-state index < -0.39 is 21.8 Å². The number of benzene rings is 1. The summed E-state index contributed by atoms with van der Waals surface area (Å²) in [7, 11) is -3.91. The molecule has 0 radical (unpaired) electrons. The average Bonchev–Trinajstić information content (AvgIpc) is 2.31. The number of carbonyl (C=O) groups is 2. The number of amides is 2. The summed E-state index contributed by atoms with van der Waals surface area (Å²) in [4.78, 5) is 22.5. The Labute approximate surface area is 110 Å². The Bertz CT molecular complexity index is 638.